The minimum Gasteiger partial charge on any atom is -0.507 e. The van der Waals surface area contributed by atoms with Crippen LogP contribution in [0.4, 0.5) is 5.69 Å². The third kappa shape index (κ3) is 2.57. The number of aromatic hydroxyl groups is 1. The molecule has 6 heteroatoms. The second-order valence-corrected chi connectivity index (χ2v) is 6.36. The number of fused-ring (bicyclic) bond motifs is 1. The van der Waals surface area contributed by atoms with Crippen LogP contribution in [-0.2, 0) is 4.79 Å². The number of phenols is 1. The van der Waals surface area contributed by atoms with Crippen LogP contribution in [0.15, 0.2) is 75.9 Å². The number of carbonyl (C=O) groups excluding carboxylic acids is 1. The van der Waals surface area contributed by atoms with Crippen molar-refractivity contribution < 1.29 is 9.90 Å². The summed E-state index contributed by atoms with van der Waals surface area (Å²) in [5.74, 6) is -0.00571. The molecule has 0 atom stereocenters. The van der Waals surface area contributed by atoms with Gasteiger partial charge in [-0.3, -0.25) is 4.79 Å². The number of hydrogen-bond acceptors (Lipinski definition) is 5. The summed E-state index contributed by atoms with van der Waals surface area (Å²) in [6.45, 7) is 0. The van der Waals surface area contributed by atoms with E-state index in [-0.39, 0.29) is 11.7 Å². The van der Waals surface area contributed by atoms with E-state index in [2.05, 4.69) is 15.8 Å². The summed E-state index contributed by atoms with van der Waals surface area (Å²) in [5.41, 5.74) is 5.52. The smallest absolute Gasteiger partial charge is 0.275 e. The lowest BCUT2D eigenvalue weighted by atomic mass is 10.1. The zero-order chi connectivity index (χ0) is 16.5. The number of allylic oxidation sites excluding steroid dienone is 1. The van der Waals surface area contributed by atoms with Gasteiger partial charge in [0.15, 0.2) is 0 Å². The molecule has 118 valence electrons. The number of hydrogen-bond donors (Lipinski definition) is 3. The summed E-state index contributed by atoms with van der Waals surface area (Å²) in [5, 5.41) is 17.1. The Balaban J connectivity index is 1.82. The molecule has 2 aliphatic heterocycles. The van der Waals surface area contributed by atoms with Gasteiger partial charge >= 0.3 is 0 Å². The van der Waals surface area contributed by atoms with E-state index in [0.717, 1.165) is 21.1 Å². The average Bonchev–Trinajstić information content (AvgIpc) is 3.03. The predicted molar refractivity (Wildman–Crippen MR) is 95.7 cm³/mol. The number of para-hydroxylation sites is 2. The van der Waals surface area contributed by atoms with Crippen molar-refractivity contribution in [2.45, 2.75) is 4.90 Å². The highest BCUT2D eigenvalue weighted by molar-refractivity contribution is 8.08. The van der Waals surface area contributed by atoms with Gasteiger partial charge in [-0.25, -0.2) is 5.43 Å². The van der Waals surface area contributed by atoms with Gasteiger partial charge in [0.25, 0.3) is 5.91 Å². The second kappa shape index (κ2) is 5.90. The molecule has 0 radical (unpaired) electrons. The Morgan fingerprint density at radius 1 is 1.04 bits per heavy atom. The van der Waals surface area contributed by atoms with Crippen molar-refractivity contribution in [1.82, 2.24) is 5.43 Å². The van der Waals surface area contributed by atoms with Gasteiger partial charge in [0, 0.05) is 16.2 Å². The van der Waals surface area contributed by atoms with Crippen LogP contribution in [0.25, 0.3) is 4.91 Å². The van der Waals surface area contributed by atoms with Gasteiger partial charge < -0.3 is 10.4 Å². The lowest BCUT2D eigenvalue weighted by molar-refractivity contribution is -0.116. The van der Waals surface area contributed by atoms with Crippen molar-refractivity contribution in [3.8, 4) is 5.75 Å². The van der Waals surface area contributed by atoms with Crippen molar-refractivity contribution in [2.75, 3.05) is 5.32 Å². The number of benzene rings is 2. The molecule has 0 spiro atoms. The highest BCUT2D eigenvalue weighted by atomic mass is 32.2. The molecular formula is C18H13N3O2S. The first kappa shape index (κ1) is 14.6. The Labute approximate surface area is 142 Å². The fourth-order valence-electron chi connectivity index (χ4n) is 2.55. The van der Waals surface area contributed by atoms with Crippen LogP contribution < -0.4 is 10.7 Å². The topological polar surface area (TPSA) is 73.7 Å². The lowest BCUT2D eigenvalue weighted by Crippen LogP contribution is -2.17. The Kier molecular flexibility index (Phi) is 3.59. The van der Waals surface area contributed by atoms with Crippen LogP contribution in [-0.4, -0.2) is 17.2 Å². The van der Waals surface area contributed by atoms with Gasteiger partial charge in [0.1, 0.15) is 5.75 Å². The van der Waals surface area contributed by atoms with E-state index < -0.39 is 0 Å². The van der Waals surface area contributed by atoms with Crippen LogP contribution in [0.5, 0.6) is 5.75 Å². The number of nitrogens with one attached hydrogen (secondary N) is 2. The minimum atomic E-state index is -0.236. The van der Waals surface area contributed by atoms with Gasteiger partial charge in [0.2, 0.25) is 0 Å². The molecule has 5 nitrogen and oxygen atoms in total. The molecule has 2 aromatic carbocycles. The van der Waals surface area contributed by atoms with Crippen LogP contribution >= 0.6 is 11.8 Å². The van der Waals surface area contributed by atoms with E-state index in [1.54, 1.807) is 12.1 Å². The van der Waals surface area contributed by atoms with Crippen molar-refractivity contribution in [3.05, 3.63) is 71.4 Å². The number of carbonyl (C=O) groups is 1. The van der Waals surface area contributed by atoms with Crippen molar-refractivity contribution in [3.63, 3.8) is 0 Å². The summed E-state index contributed by atoms with van der Waals surface area (Å²) in [4.78, 5) is 13.6. The van der Waals surface area contributed by atoms with Crippen molar-refractivity contribution in [2.24, 2.45) is 5.10 Å². The lowest BCUT2D eigenvalue weighted by Gasteiger charge is -2.22. The summed E-state index contributed by atoms with van der Waals surface area (Å²) < 4.78 is 0. The first-order valence-electron chi connectivity index (χ1n) is 7.34. The maximum Gasteiger partial charge on any atom is 0.275 e. The summed E-state index contributed by atoms with van der Waals surface area (Å²) in [7, 11) is 0. The van der Waals surface area contributed by atoms with E-state index in [1.165, 1.54) is 18.0 Å². The first-order chi connectivity index (χ1) is 11.7. The third-order valence-electron chi connectivity index (χ3n) is 3.72. The monoisotopic (exact) mass is 335 g/mol. The summed E-state index contributed by atoms with van der Waals surface area (Å²) >= 11 is 1.46. The van der Waals surface area contributed by atoms with E-state index in [0.29, 0.717) is 11.3 Å². The van der Waals surface area contributed by atoms with Gasteiger partial charge in [-0.15, -0.1) is 0 Å². The molecule has 0 fully saturated rings. The molecular weight excluding hydrogens is 322 g/mol. The van der Waals surface area contributed by atoms with Crippen LogP contribution in [0.2, 0.25) is 0 Å². The SMILES string of the molecule is O=C1NN=C/C1=C1\C=C(Sc2ccccc2O)c2ccccc2N1. The Hall–Kier alpha value is -2.99. The Morgan fingerprint density at radius 3 is 2.62 bits per heavy atom. The molecule has 3 N–H and O–H groups in total. The van der Waals surface area contributed by atoms with E-state index >= 15 is 0 Å². The first-order valence-corrected chi connectivity index (χ1v) is 8.16. The highest BCUT2D eigenvalue weighted by Gasteiger charge is 2.22. The van der Waals surface area contributed by atoms with E-state index in [9.17, 15) is 9.90 Å². The van der Waals surface area contributed by atoms with Crippen LogP contribution in [0, 0.1) is 0 Å². The molecule has 0 aromatic heterocycles. The molecule has 0 unspecified atom stereocenters. The fourth-order valence-corrected chi connectivity index (χ4v) is 3.58. The second-order valence-electron chi connectivity index (χ2n) is 5.28. The molecule has 2 heterocycles. The maximum atomic E-state index is 11.9. The molecule has 2 aromatic rings. The Bertz CT molecular complexity index is 931. The zero-order valence-electron chi connectivity index (χ0n) is 12.5. The maximum absolute atomic E-state index is 11.9. The number of hydrazone groups is 1. The zero-order valence-corrected chi connectivity index (χ0v) is 13.3. The number of anilines is 1. The van der Waals surface area contributed by atoms with Crippen molar-refractivity contribution in [1.29, 1.82) is 0 Å². The number of nitrogens with zero attached hydrogens (tertiary/aromatic N) is 1. The van der Waals surface area contributed by atoms with Gasteiger partial charge in [-0.1, -0.05) is 42.1 Å². The molecule has 0 bridgehead atoms. The highest BCUT2D eigenvalue weighted by Crippen LogP contribution is 2.44. The summed E-state index contributed by atoms with van der Waals surface area (Å²) in [6.07, 6.45) is 3.42. The van der Waals surface area contributed by atoms with E-state index in [1.807, 2.05) is 42.5 Å². The van der Waals surface area contributed by atoms with Gasteiger partial charge in [-0.2, -0.15) is 5.10 Å². The largest absolute Gasteiger partial charge is 0.507 e. The Morgan fingerprint density at radius 2 is 1.83 bits per heavy atom. The number of phenolic OH excluding ortho intramolecular Hbond substituents is 1. The van der Waals surface area contributed by atoms with Crippen LogP contribution in [0.1, 0.15) is 5.56 Å². The minimum absolute atomic E-state index is 0.230. The van der Waals surface area contributed by atoms with Gasteiger partial charge in [0.05, 0.1) is 22.4 Å². The van der Waals surface area contributed by atoms with Crippen LogP contribution in [0.3, 0.4) is 0 Å². The van der Waals surface area contributed by atoms with Gasteiger partial charge in [-0.05, 0) is 24.3 Å². The molecule has 0 saturated heterocycles. The molecule has 0 aliphatic carbocycles. The van der Waals surface area contributed by atoms with Crippen molar-refractivity contribution >= 4 is 34.5 Å². The van der Waals surface area contributed by atoms with E-state index in [4.69, 9.17) is 0 Å². The summed E-state index contributed by atoms with van der Waals surface area (Å²) in [6, 6.07) is 15.0. The quantitative estimate of drug-likeness (QED) is 0.736. The normalized spacial score (nSPS) is 18.7. The number of thioether (sulfide) groups is 1. The number of rotatable bonds is 2. The number of amides is 1. The molecule has 4 rings (SSSR count). The predicted octanol–water partition coefficient (Wildman–Crippen LogP) is 3.32. The fraction of sp³-hybridized carbons (Fsp3) is 0. The molecule has 0 saturated carbocycles. The standard InChI is InChI=1S/C18H13N3O2S/c22-15-7-3-4-8-16(15)24-17-9-14(12-10-19-21-18(12)23)20-13-6-2-1-5-11(13)17/h1-10,20,22H,(H,21,23)/b14-12-. The third-order valence-corrected chi connectivity index (χ3v) is 4.84. The molecule has 1 amide bonds. The molecule has 2 aliphatic rings. The molecule has 24 heavy (non-hydrogen) atoms. The average molecular weight is 335 g/mol.